The first-order valence-corrected chi connectivity index (χ1v) is 5.99. The Morgan fingerprint density at radius 2 is 1.78 bits per heavy atom. The van der Waals surface area contributed by atoms with Crippen molar-refractivity contribution in [2.45, 2.75) is 26.1 Å². The lowest BCUT2D eigenvalue weighted by molar-refractivity contribution is 0.150. The van der Waals surface area contributed by atoms with Gasteiger partial charge in [-0.2, -0.15) is 0 Å². The smallest absolute Gasteiger partial charge is 0.125 e. The van der Waals surface area contributed by atoms with E-state index >= 15 is 0 Å². The number of nitrogens with one attached hydrogen (secondary N) is 1. The summed E-state index contributed by atoms with van der Waals surface area (Å²) in [5, 5.41) is 40.2. The van der Waals surface area contributed by atoms with Crippen LogP contribution < -0.4 is 5.32 Å². The second-order valence-corrected chi connectivity index (χ2v) is 4.41. The van der Waals surface area contributed by atoms with Crippen LogP contribution in [0.5, 0.6) is 5.75 Å². The number of hydrogen-bond donors (Lipinski definition) is 5. The van der Waals surface area contributed by atoms with Gasteiger partial charge in [0.25, 0.3) is 0 Å². The average molecular weight is 255 g/mol. The molecule has 5 N–H and O–H groups in total. The van der Waals surface area contributed by atoms with Gasteiger partial charge in [0.1, 0.15) is 5.75 Å². The van der Waals surface area contributed by atoms with Crippen molar-refractivity contribution in [3.63, 3.8) is 0 Å². The van der Waals surface area contributed by atoms with E-state index in [0.29, 0.717) is 17.7 Å². The van der Waals surface area contributed by atoms with Gasteiger partial charge in [-0.3, -0.25) is 0 Å². The molecule has 0 bridgehead atoms. The minimum atomic E-state index is -0.229. The van der Waals surface area contributed by atoms with Crippen LogP contribution in [0.1, 0.15) is 18.1 Å². The fourth-order valence-electron chi connectivity index (χ4n) is 1.73. The number of rotatable bonds is 7. The molecule has 0 saturated heterocycles. The van der Waals surface area contributed by atoms with Crippen molar-refractivity contribution in [1.82, 2.24) is 5.32 Å². The van der Waals surface area contributed by atoms with Crippen molar-refractivity contribution in [2.24, 2.45) is 5.92 Å². The summed E-state index contributed by atoms with van der Waals surface area (Å²) in [6, 6.07) is 4.93. The number of aliphatic hydroxyl groups excluding tert-OH is 3. The Labute approximate surface area is 107 Å². The zero-order valence-corrected chi connectivity index (χ0v) is 10.5. The van der Waals surface area contributed by atoms with Crippen molar-refractivity contribution < 1.29 is 20.4 Å². The molecule has 0 radical (unpaired) electrons. The number of benzene rings is 1. The number of hydrogen-bond acceptors (Lipinski definition) is 5. The quantitative estimate of drug-likeness (QED) is 0.471. The van der Waals surface area contributed by atoms with E-state index in [4.69, 9.17) is 10.2 Å². The topological polar surface area (TPSA) is 93.0 Å². The van der Waals surface area contributed by atoms with E-state index in [9.17, 15) is 10.2 Å². The van der Waals surface area contributed by atoms with Crippen LogP contribution in [0.25, 0.3) is 0 Å². The lowest BCUT2D eigenvalue weighted by atomic mass is 10.0. The highest BCUT2D eigenvalue weighted by molar-refractivity contribution is 5.39. The van der Waals surface area contributed by atoms with Crippen LogP contribution >= 0.6 is 0 Å². The molecule has 1 aromatic carbocycles. The minimum absolute atomic E-state index is 0.0130. The Bertz CT molecular complexity index is 370. The molecule has 0 saturated carbocycles. The molecule has 2 atom stereocenters. The summed E-state index contributed by atoms with van der Waals surface area (Å²) < 4.78 is 0. The Kier molecular flexibility index (Phi) is 6.07. The first-order chi connectivity index (χ1) is 8.63. The second-order valence-electron chi connectivity index (χ2n) is 4.41. The summed E-state index contributed by atoms with van der Waals surface area (Å²) in [6.07, 6.45) is 0. The van der Waals surface area contributed by atoms with E-state index in [1.807, 2.05) is 6.92 Å². The van der Waals surface area contributed by atoms with E-state index in [-0.39, 0.29) is 37.5 Å². The van der Waals surface area contributed by atoms with Gasteiger partial charge in [0.05, 0.1) is 13.2 Å². The number of para-hydroxylation sites is 1. The highest BCUT2D eigenvalue weighted by Gasteiger charge is 2.15. The molecule has 5 nitrogen and oxygen atoms in total. The third kappa shape index (κ3) is 3.68. The Balaban J connectivity index is 2.68. The van der Waals surface area contributed by atoms with Crippen LogP contribution in [0, 0.1) is 5.92 Å². The summed E-state index contributed by atoms with van der Waals surface area (Å²) in [4.78, 5) is 0. The van der Waals surface area contributed by atoms with E-state index in [2.05, 4.69) is 5.32 Å². The Morgan fingerprint density at radius 3 is 2.33 bits per heavy atom. The van der Waals surface area contributed by atoms with Gasteiger partial charge in [-0.1, -0.05) is 25.1 Å². The van der Waals surface area contributed by atoms with Crippen LogP contribution in [0.2, 0.25) is 0 Å². The van der Waals surface area contributed by atoms with Gasteiger partial charge in [0.15, 0.2) is 0 Å². The molecular weight excluding hydrogens is 234 g/mol. The van der Waals surface area contributed by atoms with E-state index in [0.717, 1.165) is 0 Å². The maximum atomic E-state index is 9.86. The molecule has 1 rings (SSSR count). The first kappa shape index (κ1) is 14.9. The SMILES string of the molecule is CC(CO)C(CO)NCc1cccc(CO)c1O. The zero-order valence-electron chi connectivity index (χ0n) is 10.5. The van der Waals surface area contributed by atoms with Crippen molar-refractivity contribution in [1.29, 1.82) is 0 Å². The maximum absolute atomic E-state index is 9.86. The molecule has 0 spiro atoms. The molecule has 102 valence electrons. The average Bonchev–Trinajstić information content (AvgIpc) is 2.40. The lowest BCUT2D eigenvalue weighted by Crippen LogP contribution is -2.39. The van der Waals surface area contributed by atoms with E-state index in [1.54, 1.807) is 18.2 Å². The molecule has 0 amide bonds. The van der Waals surface area contributed by atoms with Crippen LogP contribution in [0.15, 0.2) is 18.2 Å². The van der Waals surface area contributed by atoms with Crippen LogP contribution in [0.4, 0.5) is 0 Å². The summed E-state index contributed by atoms with van der Waals surface area (Å²) in [7, 11) is 0. The molecule has 5 heteroatoms. The van der Waals surface area contributed by atoms with Crippen molar-refractivity contribution in [2.75, 3.05) is 13.2 Å². The molecule has 0 aromatic heterocycles. The van der Waals surface area contributed by atoms with Gasteiger partial charge in [0.2, 0.25) is 0 Å². The molecule has 0 aliphatic heterocycles. The molecule has 0 aliphatic carbocycles. The van der Waals surface area contributed by atoms with Crippen molar-refractivity contribution >= 4 is 0 Å². The molecule has 0 aliphatic rings. The Hall–Kier alpha value is -1.14. The number of aromatic hydroxyl groups is 1. The van der Waals surface area contributed by atoms with Crippen molar-refractivity contribution in [3.05, 3.63) is 29.3 Å². The Morgan fingerprint density at radius 1 is 1.11 bits per heavy atom. The monoisotopic (exact) mass is 255 g/mol. The van der Waals surface area contributed by atoms with Crippen molar-refractivity contribution in [3.8, 4) is 5.75 Å². The molecule has 1 aromatic rings. The van der Waals surface area contributed by atoms with Gasteiger partial charge in [-0.15, -0.1) is 0 Å². The fraction of sp³-hybridized carbons (Fsp3) is 0.538. The van der Waals surface area contributed by atoms with E-state index < -0.39 is 0 Å². The lowest BCUT2D eigenvalue weighted by Gasteiger charge is -2.22. The predicted octanol–water partition coefficient (Wildman–Crippen LogP) is -0.0366. The summed E-state index contributed by atoms with van der Waals surface area (Å²) in [5.41, 5.74) is 1.13. The van der Waals surface area contributed by atoms with Gasteiger partial charge >= 0.3 is 0 Å². The maximum Gasteiger partial charge on any atom is 0.125 e. The van der Waals surface area contributed by atoms with Crippen LogP contribution in [-0.4, -0.2) is 39.7 Å². The van der Waals surface area contributed by atoms with Crippen LogP contribution in [0.3, 0.4) is 0 Å². The molecule has 0 fully saturated rings. The first-order valence-electron chi connectivity index (χ1n) is 5.99. The summed E-state index contributed by atoms with van der Waals surface area (Å²) in [6.45, 7) is 1.90. The zero-order chi connectivity index (χ0) is 13.5. The molecular formula is C13H21NO4. The van der Waals surface area contributed by atoms with Gasteiger partial charge in [-0.05, 0) is 5.92 Å². The normalized spacial score (nSPS) is 14.4. The predicted molar refractivity (Wildman–Crippen MR) is 68.0 cm³/mol. The largest absolute Gasteiger partial charge is 0.507 e. The summed E-state index contributed by atoms with van der Waals surface area (Å²) in [5.74, 6) is -0.000918. The molecule has 18 heavy (non-hydrogen) atoms. The molecule has 2 unspecified atom stereocenters. The fourth-order valence-corrected chi connectivity index (χ4v) is 1.73. The third-order valence-corrected chi connectivity index (χ3v) is 3.10. The number of aliphatic hydroxyl groups is 3. The van der Waals surface area contributed by atoms with E-state index in [1.165, 1.54) is 0 Å². The second kappa shape index (κ2) is 7.33. The van der Waals surface area contributed by atoms with Gasteiger partial charge in [-0.25, -0.2) is 0 Å². The summed E-state index contributed by atoms with van der Waals surface area (Å²) >= 11 is 0. The minimum Gasteiger partial charge on any atom is -0.507 e. The highest BCUT2D eigenvalue weighted by atomic mass is 16.3. The van der Waals surface area contributed by atoms with Crippen LogP contribution in [-0.2, 0) is 13.2 Å². The standard InChI is InChI=1S/C13H21NO4/c1-9(6-15)12(8-17)14-5-10-3-2-4-11(7-16)13(10)18/h2-4,9,12,14-18H,5-8H2,1H3. The number of phenols is 1. The highest BCUT2D eigenvalue weighted by Crippen LogP contribution is 2.22. The van der Waals surface area contributed by atoms with Gasteiger partial charge < -0.3 is 25.7 Å². The van der Waals surface area contributed by atoms with Gasteiger partial charge in [0, 0.05) is 30.3 Å². The third-order valence-electron chi connectivity index (χ3n) is 3.10. The molecule has 0 heterocycles.